The van der Waals surface area contributed by atoms with Crippen LogP contribution in [0.25, 0.3) is 0 Å². The first-order valence-electron chi connectivity index (χ1n) is 11.1. The van der Waals surface area contributed by atoms with Crippen molar-refractivity contribution < 1.29 is 32.3 Å². The predicted molar refractivity (Wildman–Crippen MR) is 138 cm³/mol. The number of nitrogens with zero attached hydrogens (tertiary/aromatic N) is 2. The lowest BCUT2D eigenvalue weighted by Crippen LogP contribution is -2.30. The Morgan fingerprint density at radius 3 is 1.73 bits per heavy atom. The molecule has 0 amide bonds. The van der Waals surface area contributed by atoms with Gasteiger partial charge in [-0.15, -0.1) is 0 Å². The first-order chi connectivity index (χ1) is 17.7. The number of rotatable bonds is 12. The van der Waals surface area contributed by atoms with Gasteiger partial charge in [-0.3, -0.25) is 10.1 Å². The second-order valence-corrected chi connectivity index (χ2v) is 9.75. The Balaban J connectivity index is 2.14. The van der Waals surface area contributed by atoms with Crippen molar-refractivity contribution in [3.05, 3.63) is 75.8 Å². The van der Waals surface area contributed by atoms with E-state index < -0.39 is 14.9 Å². The Morgan fingerprint density at radius 1 is 0.811 bits per heavy atom. The van der Waals surface area contributed by atoms with Crippen molar-refractivity contribution in [2.24, 2.45) is 0 Å². The lowest BCUT2D eigenvalue weighted by molar-refractivity contribution is -0.384. The van der Waals surface area contributed by atoms with Gasteiger partial charge in [0.15, 0.2) is 0 Å². The van der Waals surface area contributed by atoms with E-state index in [1.165, 1.54) is 51.9 Å². The molecule has 0 aliphatic carbocycles. The predicted octanol–water partition coefficient (Wildman–Crippen LogP) is 4.06. The molecule has 1 N–H and O–H groups in total. The van der Waals surface area contributed by atoms with E-state index in [-0.39, 0.29) is 29.4 Å². The number of nitrogens with one attached hydrogen (secondary N) is 1. The Hall–Kier alpha value is -4.03. The summed E-state index contributed by atoms with van der Waals surface area (Å²) in [6.07, 6.45) is 0. The molecular weight excluding hydrogens is 502 g/mol. The number of methoxy groups -OCH3 is 4. The van der Waals surface area contributed by atoms with Gasteiger partial charge in [-0.05, 0) is 24.3 Å². The summed E-state index contributed by atoms with van der Waals surface area (Å²) >= 11 is 0. The van der Waals surface area contributed by atoms with Crippen molar-refractivity contribution in [2.45, 2.75) is 18.0 Å². The van der Waals surface area contributed by atoms with Crippen molar-refractivity contribution in [1.29, 1.82) is 0 Å². The first-order valence-corrected chi connectivity index (χ1v) is 12.5. The zero-order valence-corrected chi connectivity index (χ0v) is 22.0. The molecule has 3 aromatic carbocycles. The maximum atomic E-state index is 13.9. The Kier molecular flexibility index (Phi) is 8.79. The molecule has 37 heavy (non-hydrogen) atoms. The average Bonchev–Trinajstić information content (AvgIpc) is 2.92. The van der Waals surface area contributed by atoms with Gasteiger partial charge < -0.3 is 24.3 Å². The average molecular weight is 532 g/mol. The van der Waals surface area contributed by atoms with E-state index in [0.29, 0.717) is 34.1 Å². The molecule has 0 spiro atoms. The number of ether oxygens (including phenoxy) is 4. The summed E-state index contributed by atoms with van der Waals surface area (Å²) in [6.45, 7) is -0.182. The number of benzene rings is 3. The summed E-state index contributed by atoms with van der Waals surface area (Å²) in [6, 6.07) is 13.9. The maximum Gasteiger partial charge on any atom is 0.293 e. The van der Waals surface area contributed by atoms with Crippen LogP contribution < -0.4 is 24.3 Å². The summed E-state index contributed by atoms with van der Waals surface area (Å²) in [5, 5.41) is 14.3. The minimum absolute atomic E-state index is 0.0910. The standard InChI is InChI=1S/C25H29N3O8S/c1-26-22-11-10-21(14-23(22)28(29)30)37(31,32)27(15-17-6-8-19(33-2)12-24(17)35-4)16-18-7-9-20(34-3)13-25(18)36-5/h6-14,26H,15-16H2,1-5H3. The molecule has 0 aliphatic rings. The molecule has 0 unspecified atom stereocenters. The SMILES string of the molecule is CNc1ccc(S(=O)(=O)N(Cc2ccc(OC)cc2OC)Cc2ccc(OC)cc2OC)cc1[N+](=O)[O-]. The summed E-state index contributed by atoms with van der Waals surface area (Å²) in [5.74, 6) is 1.95. The zero-order valence-electron chi connectivity index (χ0n) is 21.2. The minimum Gasteiger partial charge on any atom is -0.497 e. The van der Waals surface area contributed by atoms with Crippen molar-refractivity contribution in [3.63, 3.8) is 0 Å². The molecule has 3 aromatic rings. The summed E-state index contributed by atoms with van der Waals surface area (Å²) in [7, 11) is 3.28. The van der Waals surface area contributed by atoms with Gasteiger partial charge in [-0.1, -0.05) is 12.1 Å². The number of hydrogen-bond acceptors (Lipinski definition) is 9. The van der Waals surface area contributed by atoms with Crippen LogP contribution >= 0.6 is 0 Å². The normalized spacial score (nSPS) is 11.2. The monoisotopic (exact) mass is 531 g/mol. The van der Waals surface area contributed by atoms with Gasteiger partial charge >= 0.3 is 0 Å². The quantitative estimate of drug-likeness (QED) is 0.272. The van der Waals surface area contributed by atoms with Crippen LogP contribution in [-0.4, -0.2) is 53.1 Å². The van der Waals surface area contributed by atoms with E-state index in [1.807, 2.05) is 0 Å². The molecule has 0 saturated carbocycles. The maximum absolute atomic E-state index is 13.9. The highest BCUT2D eigenvalue weighted by Crippen LogP contribution is 2.34. The van der Waals surface area contributed by atoms with E-state index in [2.05, 4.69) is 5.32 Å². The van der Waals surface area contributed by atoms with Crippen LogP contribution in [0.15, 0.2) is 59.5 Å². The van der Waals surface area contributed by atoms with Gasteiger partial charge in [0.25, 0.3) is 5.69 Å². The van der Waals surface area contributed by atoms with E-state index in [9.17, 15) is 18.5 Å². The van der Waals surface area contributed by atoms with Gasteiger partial charge in [0.05, 0.1) is 38.3 Å². The Bertz CT molecular complexity index is 1320. The third kappa shape index (κ3) is 6.04. The fraction of sp³-hybridized carbons (Fsp3) is 0.280. The van der Waals surface area contributed by atoms with Crippen molar-refractivity contribution in [1.82, 2.24) is 4.31 Å². The number of sulfonamides is 1. The van der Waals surface area contributed by atoms with E-state index >= 15 is 0 Å². The molecular formula is C25H29N3O8S. The molecule has 0 heterocycles. The third-order valence-electron chi connectivity index (χ3n) is 5.75. The molecule has 198 valence electrons. The van der Waals surface area contributed by atoms with Crippen LogP contribution in [0.2, 0.25) is 0 Å². The smallest absolute Gasteiger partial charge is 0.293 e. The zero-order chi connectivity index (χ0) is 27.2. The van der Waals surface area contributed by atoms with E-state index in [1.54, 1.807) is 36.4 Å². The molecule has 0 saturated heterocycles. The van der Waals surface area contributed by atoms with Crippen LogP contribution in [0.3, 0.4) is 0 Å². The first kappa shape index (κ1) is 27.6. The lowest BCUT2D eigenvalue weighted by atomic mass is 10.1. The van der Waals surface area contributed by atoms with Gasteiger partial charge in [0, 0.05) is 49.5 Å². The van der Waals surface area contributed by atoms with Crippen LogP contribution in [-0.2, 0) is 23.1 Å². The summed E-state index contributed by atoms with van der Waals surface area (Å²) < 4.78 is 50.5. The highest BCUT2D eigenvalue weighted by Gasteiger charge is 2.29. The summed E-state index contributed by atoms with van der Waals surface area (Å²) in [4.78, 5) is 10.7. The second-order valence-electron chi connectivity index (χ2n) is 7.81. The second kappa shape index (κ2) is 11.8. The molecule has 12 heteroatoms. The van der Waals surface area contributed by atoms with Crippen molar-refractivity contribution >= 4 is 21.4 Å². The van der Waals surface area contributed by atoms with Crippen molar-refractivity contribution in [3.8, 4) is 23.0 Å². The van der Waals surface area contributed by atoms with E-state index in [0.717, 1.165) is 6.07 Å². The fourth-order valence-corrected chi connectivity index (χ4v) is 5.17. The van der Waals surface area contributed by atoms with Gasteiger partial charge in [-0.25, -0.2) is 8.42 Å². The lowest BCUT2D eigenvalue weighted by Gasteiger charge is -2.24. The Morgan fingerprint density at radius 2 is 1.32 bits per heavy atom. The number of nitro benzene ring substituents is 1. The van der Waals surface area contributed by atoms with Crippen LogP contribution in [0.5, 0.6) is 23.0 Å². The largest absolute Gasteiger partial charge is 0.497 e. The number of hydrogen-bond donors (Lipinski definition) is 1. The molecule has 0 radical (unpaired) electrons. The molecule has 0 aliphatic heterocycles. The molecule has 0 bridgehead atoms. The van der Waals surface area contributed by atoms with Crippen LogP contribution in [0.1, 0.15) is 11.1 Å². The number of nitro groups is 1. The highest BCUT2D eigenvalue weighted by atomic mass is 32.2. The molecule has 11 nitrogen and oxygen atoms in total. The van der Waals surface area contributed by atoms with Gasteiger partial charge in [0.2, 0.25) is 10.0 Å². The molecule has 0 fully saturated rings. The third-order valence-corrected chi connectivity index (χ3v) is 7.54. The van der Waals surface area contributed by atoms with Gasteiger partial charge in [0.1, 0.15) is 28.7 Å². The Labute approximate surface area is 215 Å². The van der Waals surface area contributed by atoms with Crippen LogP contribution in [0.4, 0.5) is 11.4 Å². The van der Waals surface area contributed by atoms with Crippen molar-refractivity contribution in [2.75, 3.05) is 40.8 Å². The molecule has 0 aromatic heterocycles. The van der Waals surface area contributed by atoms with Crippen LogP contribution in [0, 0.1) is 10.1 Å². The summed E-state index contributed by atoms with van der Waals surface area (Å²) in [5.41, 5.74) is 0.984. The molecule has 0 atom stereocenters. The van der Waals surface area contributed by atoms with Gasteiger partial charge in [-0.2, -0.15) is 4.31 Å². The topological polar surface area (TPSA) is 129 Å². The highest BCUT2D eigenvalue weighted by molar-refractivity contribution is 7.89. The molecule has 3 rings (SSSR count). The fourth-order valence-electron chi connectivity index (χ4n) is 3.75. The minimum atomic E-state index is -4.23. The van der Waals surface area contributed by atoms with E-state index in [4.69, 9.17) is 18.9 Å². The number of anilines is 1.